The van der Waals surface area contributed by atoms with Gasteiger partial charge in [0.2, 0.25) is 0 Å². The molecule has 10 heteroatoms. The van der Waals surface area contributed by atoms with E-state index in [0.717, 1.165) is 45.6 Å². The van der Waals surface area contributed by atoms with Gasteiger partial charge in [0, 0.05) is 42.7 Å². The molecule has 1 aliphatic rings. The summed E-state index contributed by atoms with van der Waals surface area (Å²) in [5.74, 6) is -0.697. The zero-order valence-corrected chi connectivity index (χ0v) is 19.3. The Balaban J connectivity index is 1.32. The van der Waals surface area contributed by atoms with E-state index < -0.39 is 17.6 Å². The number of alkyl halides is 3. The highest BCUT2D eigenvalue weighted by atomic mass is 19.4. The minimum Gasteiger partial charge on any atom is -0.348 e. The van der Waals surface area contributed by atoms with Crippen molar-refractivity contribution in [2.75, 3.05) is 6.54 Å². The van der Waals surface area contributed by atoms with Gasteiger partial charge in [-0.3, -0.25) is 14.6 Å². The first-order valence-electron chi connectivity index (χ1n) is 11.3. The molecule has 0 unspecified atom stereocenters. The molecule has 0 radical (unpaired) electrons. The number of imidazole rings is 1. The summed E-state index contributed by atoms with van der Waals surface area (Å²) in [5, 5.41) is 2.94. The predicted molar refractivity (Wildman–Crippen MR) is 126 cm³/mol. The minimum atomic E-state index is -4.52. The number of aromatic nitrogens is 3. The highest BCUT2D eigenvalue weighted by Gasteiger charge is 2.32. The molecule has 7 nitrogen and oxygen atoms in total. The molecule has 2 aromatic carbocycles. The number of carbonyl (C=O) groups excluding carboxylic acids is 2. The molecule has 0 bridgehead atoms. The summed E-state index contributed by atoms with van der Waals surface area (Å²) >= 11 is 0. The number of aryl methyl sites for hydroxylation is 1. The van der Waals surface area contributed by atoms with E-state index in [-0.39, 0.29) is 24.6 Å². The van der Waals surface area contributed by atoms with Crippen molar-refractivity contribution in [3.8, 4) is 0 Å². The topological polar surface area (TPSA) is 91.0 Å². The fourth-order valence-corrected chi connectivity index (χ4v) is 4.49. The number of H-pyrrole nitrogens is 1. The molecule has 0 spiro atoms. The molecule has 36 heavy (non-hydrogen) atoms. The van der Waals surface area contributed by atoms with Gasteiger partial charge >= 0.3 is 6.18 Å². The van der Waals surface area contributed by atoms with E-state index >= 15 is 0 Å². The number of fused-ring (bicyclic) bond motifs is 2. The van der Waals surface area contributed by atoms with Crippen LogP contribution in [0.2, 0.25) is 0 Å². The second kappa shape index (κ2) is 9.10. The summed E-state index contributed by atoms with van der Waals surface area (Å²) in [6.07, 6.45) is -0.753. The Kier molecular flexibility index (Phi) is 5.95. The third-order valence-corrected chi connectivity index (χ3v) is 6.43. The van der Waals surface area contributed by atoms with Crippen LogP contribution in [0.25, 0.3) is 11.0 Å². The number of halogens is 3. The van der Waals surface area contributed by atoms with Crippen LogP contribution in [-0.2, 0) is 25.7 Å². The SMILES string of the molecule is Cc1ncc2c(c1CNC(=O)c1ccc3nc[nH]c3c1)CCN(C(=O)c1cccc(C(F)(F)F)c1)C2. The first-order valence-corrected chi connectivity index (χ1v) is 11.3. The molecule has 184 valence electrons. The molecule has 0 fully saturated rings. The average molecular weight is 493 g/mol. The van der Waals surface area contributed by atoms with E-state index in [1.165, 1.54) is 17.0 Å². The second-order valence-corrected chi connectivity index (χ2v) is 8.70. The lowest BCUT2D eigenvalue weighted by atomic mass is 9.94. The van der Waals surface area contributed by atoms with E-state index in [2.05, 4.69) is 20.3 Å². The quantitative estimate of drug-likeness (QED) is 0.441. The molecule has 2 N–H and O–H groups in total. The Labute approximate surface area is 204 Å². The van der Waals surface area contributed by atoms with E-state index in [4.69, 9.17) is 0 Å². The summed E-state index contributed by atoms with van der Waals surface area (Å²) in [4.78, 5) is 38.8. The van der Waals surface area contributed by atoms with Crippen LogP contribution in [0.3, 0.4) is 0 Å². The summed E-state index contributed by atoms with van der Waals surface area (Å²) < 4.78 is 39.2. The van der Waals surface area contributed by atoms with Crippen LogP contribution >= 0.6 is 0 Å². The van der Waals surface area contributed by atoms with Crippen molar-refractivity contribution in [3.05, 3.63) is 94.1 Å². The summed E-state index contributed by atoms with van der Waals surface area (Å²) in [7, 11) is 0. The van der Waals surface area contributed by atoms with Crippen LogP contribution in [0, 0.1) is 6.92 Å². The first kappa shape index (κ1) is 23.5. The zero-order valence-electron chi connectivity index (χ0n) is 19.3. The van der Waals surface area contributed by atoms with Gasteiger partial charge < -0.3 is 15.2 Å². The van der Waals surface area contributed by atoms with Crippen molar-refractivity contribution in [1.29, 1.82) is 0 Å². The molecule has 2 amide bonds. The van der Waals surface area contributed by atoms with E-state index in [1.54, 1.807) is 30.7 Å². The predicted octanol–water partition coefficient (Wildman–Crippen LogP) is 4.41. The number of benzene rings is 2. The largest absolute Gasteiger partial charge is 0.416 e. The number of nitrogens with zero attached hydrogens (tertiary/aromatic N) is 3. The average Bonchev–Trinajstić information content (AvgIpc) is 3.35. The van der Waals surface area contributed by atoms with E-state index in [0.29, 0.717) is 18.5 Å². The number of amides is 2. The Morgan fingerprint density at radius 1 is 1.11 bits per heavy atom. The normalized spacial score (nSPS) is 13.5. The number of hydrogen-bond acceptors (Lipinski definition) is 4. The van der Waals surface area contributed by atoms with Crippen molar-refractivity contribution in [3.63, 3.8) is 0 Å². The third-order valence-electron chi connectivity index (χ3n) is 6.43. The van der Waals surface area contributed by atoms with Crippen LogP contribution in [0.4, 0.5) is 13.2 Å². The number of nitrogens with one attached hydrogen (secondary N) is 2. The van der Waals surface area contributed by atoms with E-state index in [9.17, 15) is 22.8 Å². The Hall–Kier alpha value is -4.21. The maximum Gasteiger partial charge on any atom is 0.416 e. The van der Waals surface area contributed by atoms with Gasteiger partial charge in [-0.05, 0) is 66.4 Å². The van der Waals surface area contributed by atoms with Crippen LogP contribution in [0.15, 0.2) is 55.0 Å². The molecule has 1 aliphatic heterocycles. The zero-order chi connectivity index (χ0) is 25.4. The van der Waals surface area contributed by atoms with Gasteiger partial charge in [-0.25, -0.2) is 4.98 Å². The summed E-state index contributed by atoms with van der Waals surface area (Å²) in [6.45, 7) is 2.71. The van der Waals surface area contributed by atoms with Gasteiger partial charge in [-0.1, -0.05) is 6.07 Å². The van der Waals surface area contributed by atoms with Gasteiger partial charge in [0.1, 0.15) is 0 Å². The van der Waals surface area contributed by atoms with Gasteiger partial charge in [0.25, 0.3) is 11.8 Å². The monoisotopic (exact) mass is 493 g/mol. The molecule has 0 atom stereocenters. The molecule has 2 aromatic heterocycles. The molecule has 3 heterocycles. The van der Waals surface area contributed by atoms with Crippen LogP contribution in [-0.4, -0.2) is 38.2 Å². The highest BCUT2D eigenvalue weighted by molar-refractivity contribution is 5.97. The van der Waals surface area contributed by atoms with Gasteiger partial charge in [-0.2, -0.15) is 13.2 Å². The number of carbonyl (C=O) groups is 2. The fourth-order valence-electron chi connectivity index (χ4n) is 4.49. The van der Waals surface area contributed by atoms with Gasteiger partial charge in [0.15, 0.2) is 0 Å². The lowest BCUT2D eigenvalue weighted by Crippen LogP contribution is -2.37. The number of pyridine rings is 1. The summed E-state index contributed by atoms with van der Waals surface area (Å²) in [6, 6.07) is 9.68. The van der Waals surface area contributed by atoms with Gasteiger partial charge in [-0.15, -0.1) is 0 Å². The third kappa shape index (κ3) is 4.53. The van der Waals surface area contributed by atoms with Crippen molar-refractivity contribution in [2.45, 2.75) is 32.6 Å². The maximum absolute atomic E-state index is 13.1. The molecular formula is C26H22F3N5O2. The first-order chi connectivity index (χ1) is 17.2. The Morgan fingerprint density at radius 3 is 2.75 bits per heavy atom. The Morgan fingerprint density at radius 2 is 1.94 bits per heavy atom. The fraction of sp³-hybridized carbons (Fsp3) is 0.231. The number of aromatic amines is 1. The minimum absolute atomic E-state index is 0.00457. The lowest BCUT2D eigenvalue weighted by Gasteiger charge is -2.30. The molecule has 4 aromatic rings. The maximum atomic E-state index is 13.1. The molecule has 0 aliphatic carbocycles. The number of rotatable bonds is 4. The highest BCUT2D eigenvalue weighted by Crippen LogP contribution is 2.30. The van der Waals surface area contributed by atoms with E-state index in [1.807, 2.05) is 6.92 Å². The Bertz CT molecular complexity index is 1480. The number of hydrogen-bond donors (Lipinski definition) is 2. The van der Waals surface area contributed by atoms with Crippen LogP contribution in [0.5, 0.6) is 0 Å². The standard InChI is InChI=1S/C26H22F3N5O2/c1-15-21(12-31-24(35)16-5-6-22-23(10-16)33-14-32-22)20-7-8-34(13-18(20)11-30-15)25(36)17-3-2-4-19(9-17)26(27,28)29/h2-6,9-11,14H,7-8,12-13H2,1H3,(H,31,35)(H,32,33). The van der Waals surface area contributed by atoms with Crippen molar-refractivity contribution >= 4 is 22.8 Å². The molecular weight excluding hydrogens is 471 g/mol. The van der Waals surface area contributed by atoms with Crippen LogP contribution < -0.4 is 5.32 Å². The smallest absolute Gasteiger partial charge is 0.348 e. The summed E-state index contributed by atoms with van der Waals surface area (Å²) in [5.41, 5.74) is 4.65. The van der Waals surface area contributed by atoms with Crippen molar-refractivity contribution < 1.29 is 22.8 Å². The van der Waals surface area contributed by atoms with Gasteiger partial charge in [0.05, 0.1) is 22.9 Å². The molecule has 0 saturated carbocycles. The van der Waals surface area contributed by atoms with Crippen molar-refractivity contribution in [2.24, 2.45) is 0 Å². The lowest BCUT2D eigenvalue weighted by molar-refractivity contribution is -0.137. The molecule has 5 rings (SSSR count). The van der Waals surface area contributed by atoms with Crippen molar-refractivity contribution in [1.82, 2.24) is 25.2 Å². The second-order valence-electron chi connectivity index (χ2n) is 8.70. The van der Waals surface area contributed by atoms with Crippen LogP contribution in [0.1, 0.15) is 48.7 Å². The molecule has 0 saturated heterocycles.